The molecule has 86 valence electrons. The van der Waals surface area contributed by atoms with Gasteiger partial charge in [0.15, 0.2) is 0 Å². The highest BCUT2D eigenvalue weighted by Gasteiger charge is 2.14. The molecule has 0 fully saturated rings. The smallest absolute Gasteiger partial charge is 0.0706 e. The second kappa shape index (κ2) is 4.26. The van der Waals surface area contributed by atoms with Gasteiger partial charge in [-0.2, -0.15) is 5.10 Å². The first-order valence-electron chi connectivity index (χ1n) is 5.68. The molecule has 0 aliphatic rings. The molecule has 0 saturated heterocycles. The molecule has 0 aliphatic heterocycles. The molecule has 16 heavy (non-hydrogen) atoms. The van der Waals surface area contributed by atoms with Gasteiger partial charge < -0.3 is 5.11 Å². The number of hydrogen-bond acceptors (Lipinski definition) is 2. The van der Waals surface area contributed by atoms with Crippen molar-refractivity contribution in [2.45, 2.75) is 26.4 Å². The number of fused-ring (bicyclic) bond motifs is 1. The van der Waals surface area contributed by atoms with Crippen molar-refractivity contribution in [1.82, 2.24) is 9.78 Å². The normalized spacial score (nSPS) is 15.2. The fourth-order valence-electron chi connectivity index (χ4n) is 1.91. The second-order valence-electron chi connectivity index (χ2n) is 4.51. The van der Waals surface area contributed by atoms with E-state index in [9.17, 15) is 5.11 Å². The number of aromatic nitrogens is 2. The van der Waals surface area contributed by atoms with Crippen molar-refractivity contribution >= 4 is 10.9 Å². The van der Waals surface area contributed by atoms with Gasteiger partial charge >= 0.3 is 0 Å². The van der Waals surface area contributed by atoms with Crippen molar-refractivity contribution in [3.8, 4) is 0 Å². The average Bonchev–Trinajstić information content (AvgIpc) is 2.57. The summed E-state index contributed by atoms with van der Waals surface area (Å²) in [5.74, 6) is 0.235. The van der Waals surface area contributed by atoms with E-state index in [1.54, 1.807) is 0 Å². The maximum Gasteiger partial charge on any atom is 0.0706 e. The predicted octanol–water partition coefficient (Wildman–Crippen LogP) is 2.13. The van der Waals surface area contributed by atoms with E-state index in [-0.39, 0.29) is 12.0 Å². The summed E-state index contributed by atoms with van der Waals surface area (Å²) in [4.78, 5) is 0. The Kier molecular flexibility index (Phi) is 2.97. The van der Waals surface area contributed by atoms with Gasteiger partial charge in [0.1, 0.15) is 0 Å². The zero-order valence-corrected chi connectivity index (χ0v) is 10.0. The maximum absolute atomic E-state index is 9.53. The summed E-state index contributed by atoms with van der Waals surface area (Å²) in [6, 6.07) is 8.21. The number of aliphatic hydroxyl groups is 1. The zero-order chi connectivity index (χ0) is 11.7. The van der Waals surface area contributed by atoms with Crippen LogP contribution in [0.2, 0.25) is 0 Å². The summed E-state index contributed by atoms with van der Waals surface area (Å²) in [5, 5.41) is 15.2. The van der Waals surface area contributed by atoms with E-state index in [2.05, 4.69) is 17.2 Å². The standard InChI is InChI=1S/C13H18N2O/c1-9(10(2)16)8-12-11-6-4-5-7-13(11)15(3)14-12/h4-7,9-10,16H,8H2,1-3H3. The largest absolute Gasteiger partial charge is 0.393 e. The fraction of sp³-hybridized carbons (Fsp3) is 0.462. The summed E-state index contributed by atoms with van der Waals surface area (Å²) in [5.41, 5.74) is 2.22. The Morgan fingerprint density at radius 1 is 1.31 bits per heavy atom. The lowest BCUT2D eigenvalue weighted by atomic mass is 9.99. The van der Waals surface area contributed by atoms with Crippen LogP contribution in [0.1, 0.15) is 19.5 Å². The molecule has 0 bridgehead atoms. The van der Waals surface area contributed by atoms with Crippen LogP contribution >= 0.6 is 0 Å². The van der Waals surface area contributed by atoms with Crippen molar-refractivity contribution < 1.29 is 5.11 Å². The van der Waals surface area contributed by atoms with Gasteiger partial charge in [-0.3, -0.25) is 4.68 Å². The lowest BCUT2D eigenvalue weighted by molar-refractivity contribution is 0.134. The first-order chi connectivity index (χ1) is 7.59. The SMILES string of the molecule is CC(O)C(C)Cc1nn(C)c2ccccc12. The Balaban J connectivity index is 2.38. The van der Waals surface area contributed by atoms with E-state index in [1.807, 2.05) is 37.7 Å². The molecule has 3 heteroatoms. The molecule has 0 spiro atoms. The number of rotatable bonds is 3. The van der Waals surface area contributed by atoms with Gasteiger partial charge in [-0.25, -0.2) is 0 Å². The van der Waals surface area contributed by atoms with Crippen LogP contribution in [-0.4, -0.2) is 21.0 Å². The number of aryl methyl sites for hydroxylation is 1. The molecule has 2 unspecified atom stereocenters. The Morgan fingerprint density at radius 3 is 2.69 bits per heavy atom. The molecule has 0 saturated carbocycles. The van der Waals surface area contributed by atoms with Crippen LogP contribution in [0.25, 0.3) is 10.9 Å². The van der Waals surface area contributed by atoms with Crippen LogP contribution in [0.4, 0.5) is 0 Å². The summed E-state index contributed by atoms with van der Waals surface area (Å²) >= 11 is 0. The minimum atomic E-state index is -0.291. The van der Waals surface area contributed by atoms with Gasteiger partial charge in [-0.15, -0.1) is 0 Å². The van der Waals surface area contributed by atoms with Crippen LogP contribution in [0.3, 0.4) is 0 Å². The Hall–Kier alpha value is -1.35. The summed E-state index contributed by atoms with van der Waals surface area (Å²) < 4.78 is 1.90. The maximum atomic E-state index is 9.53. The number of hydrogen-bond donors (Lipinski definition) is 1. The van der Waals surface area contributed by atoms with E-state index in [1.165, 1.54) is 5.39 Å². The van der Waals surface area contributed by atoms with E-state index < -0.39 is 0 Å². The highest BCUT2D eigenvalue weighted by molar-refractivity contribution is 5.81. The van der Waals surface area contributed by atoms with E-state index in [4.69, 9.17) is 0 Å². The van der Waals surface area contributed by atoms with E-state index in [0.717, 1.165) is 17.6 Å². The van der Waals surface area contributed by atoms with Crippen LogP contribution in [0.5, 0.6) is 0 Å². The van der Waals surface area contributed by atoms with Crippen molar-refractivity contribution in [3.63, 3.8) is 0 Å². The highest BCUT2D eigenvalue weighted by Crippen LogP contribution is 2.21. The summed E-state index contributed by atoms with van der Waals surface area (Å²) in [7, 11) is 1.96. The van der Waals surface area contributed by atoms with Crippen molar-refractivity contribution in [2.75, 3.05) is 0 Å². The Morgan fingerprint density at radius 2 is 2.00 bits per heavy atom. The van der Waals surface area contributed by atoms with Crippen molar-refractivity contribution in [1.29, 1.82) is 0 Å². The van der Waals surface area contributed by atoms with Crippen LogP contribution in [0, 0.1) is 5.92 Å². The van der Waals surface area contributed by atoms with Crippen molar-refractivity contribution in [3.05, 3.63) is 30.0 Å². The van der Waals surface area contributed by atoms with Crippen LogP contribution in [-0.2, 0) is 13.5 Å². The summed E-state index contributed by atoms with van der Waals surface area (Å²) in [6.45, 7) is 3.88. The monoisotopic (exact) mass is 218 g/mol. The van der Waals surface area contributed by atoms with Gasteiger partial charge in [-0.05, 0) is 25.3 Å². The molecule has 2 aromatic rings. The lowest BCUT2D eigenvalue weighted by Gasteiger charge is -2.12. The number of nitrogens with zero attached hydrogens (tertiary/aromatic N) is 2. The Bertz CT molecular complexity index is 488. The van der Waals surface area contributed by atoms with Gasteiger partial charge in [0.2, 0.25) is 0 Å². The molecular formula is C13H18N2O. The first kappa shape index (κ1) is 11.1. The third kappa shape index (κ3) is 1.95. The minimum Gasteiger partial charge on any atom is -0.393 e. The second-order valence-corrected chi connectivity index (χ2v) is 4.51. The van der Waals surface area contributed by atoms with E-state index >= 15 is 0 Å². The topological polar surface area (TPSA) is 38.1 Å². The lowest BCUT2D eigenvalue weighted by Crippen LogP contribution is -2.15. The molecule has 3 nitrogen and oxygen atoms in total. The molecule has 1 aromatic carbocycles. The molecule has 1 N–H and O–H groups in total. The zero-order valence-electron chi connectivity index (χ0n) is 10.0. The molecule has 0 aliphatic carbocycles. The quantitative estimate of drug-likeness (QED) is 0.857. The van der Waals surface area contributed by atoms with Gasteiger partial charge in [0.25, 0.3) is 0 Å². The fourth-order valence-corrected chi connectivity index (χ4v) is 1.91. The number of para-hydroxylation sites is 1. The molecule has 1 heterocycles. The minimum absolute atomic E-state index is 0.235. The molecular weight excluding hydrogens is 200 g/mol. The molecule has 1 aromatic heterocycles. The molecule has 0 amide bonds. The van der Waals surface area contributed by atoms with Crippen LogP contribution in [0.15, 0.2) is 24.3 Å². The summed E-state index contributed by atoms with van der Waals surface area (Å²) in [6.07, 6.45) is 0.528. The molecule has 2 rings (SSSR count). The number of aliphatic hydroxyl groups excluding tert-OH is 1. The third-order valence-electron chi connectivity index (χ3n) is 3.17. The Labute approximate surface area is 95.7 Å². The first-order valence-corrected chi connectivity index (χ1v) is 5.68. The molecule has 2 atom stereocenters. The third-order valence-corrected chi connectivity index (χ3v) is 3.17. The van der Waals surface area contributed by atoms with Gasteiger partial charge in [0.05, 0.1) is 17.3 Å². The van der Waals surface area contributed by atoms with Gasteiger partial charge in [0, 0.05) is 12.4 Å². The van der Waals surface area contributed by atoms with Crippen molar-refractivity contribution in [2.24, 2.45) is 13.0 Å². The van der Waals surface area contributed by atoms with Gasteiger partial charge in [-0.1, -0.05) is 25.1 Å². The van der Waals surface area contributed by atoms with Crippen LogP contribution < -0.4 is 0 Å². The highest BCUT2D eigenvalue weighted by atomic mass is 16.3. The van der Waals surface area contributed by atoms with E-state index in [0.29, 0.717) is 0 Å². The average molecular weight is 218 g/mol. The number of benzene rings is 1. The predicted molar refractivity (Wildman–Crippen MR) is 65.3 cm³/mol. The molecule has 0 radical (unpaired) electrons.